The van der Waals surface area contributed by atoms with E-state index in [1.54, 1.807) is 0 Å². The second-order valence-electron chi connectivity index (χ2n) is 5.75. The van der Waals surface area contributed by atoms with E-state index >= 15 is 0 Å². The van der Waals surface area contributed by atoms with E-state index in [0.717, 1.165) is 30.0 Å². The summed E-state index contributed by atoms with van der Waals surface area (Å²) in [4.78, 5) is 1.97. The van der Waals surface area contributed by atoms with E-state index in [-0.39, 0.29) is 18.0 Å². The zero-order valence-electron chi connectivity index (χ0n) is 13.3. The lowest BCUT2D eigenvalue weighted by molar-refractivity contribution is -0.137. The summed E-state index contributed by atoms with van der Waals surface area (Å²) in [5, 5.41) is 0. The van der Waals surface area contributed by atoms with Crippen molar-refractivity contribution in [2.45, 2.75) is 11.1 Å². The molecule has 0 aliphatic carbocycles. The Balaban J connectivity index is 1.72. The number of sulfonamides is 1. The van der Waals surface area contributed by atoms with Crippen LogP contribution < -0.4 is 4.90 Å². The first-order valence-corrected chi connectivity index (χ1v) is 9.20. The van der Waals surface area contributed by atoms with Crippen LogP contribution in [0.5, 0.6) is 0 Å². The predicted octanol–water partition coefficient (Wildman–Crippen LogP) is 3.22. The summed E-state index contributed by atoms with van der Waals surface area (Å²) in [5.74, 6) is 0. The van der Waals surface area contributed by atoms with Crippen LogP contribution in [0.15, 0.2) is 59.5 Å². The van der Waals surface area contributed by atoms with Gasteiger partial charge in [-0.05, 0) is 36.4 Å². The summed E-state index contributed by atoms with van der Waals surface area (Å²) < 4.78 is 64.4. The maximum Gasteiger partial charge on any atom is 0.416 e. The number of hydrogen-bond acceptors (Lipinski definition) is 3. The van der Waals surface area contributed by atoms with Crippen molar-refractivity contribution in [2.24, 2.45) is 0 Å². The Morgan fingerprint density at radius 2 is 1.36 bits per heavy atom. The molecule has 0 N–H and O–H groups in total. The number of rotatable bonds is 3. The highest BCUT2D eigenvalue weighted by Gasteiger charge is 2.32. The monoisotopic (exact) mass is 370 g/mol. The molecule has 4 nitrogen and oxygen atoms in total. The predicted molar refractivity (Wildman–Crippen MR) is 88.9 cm³/mol. The Bertz CT molecular complexity index is 813. The minimum atomic E-state index is -4.48. The van der Waals surface area contributed by atoms with Crippen LogP contribution in [0.4, 0.5) is 18.9 Å². The lowest BCUT2D eigenvalue weighted by atomic mass is 10.2. The molecule has 2 aromatic carbocycles. The van der Waals surface area contributed by atoms with Crippen LogP contribution in [-0.2, 0) is 16.2 Å². The first-order chi connectivity index (χ1) is 11.8. The van der Waals surface area contributed by atoms with Gasteiger partial charge >= 0.3 is 6.18 Å². The topological polar surface area (TPSA) is 40.6 Å². The average Bonchev–Trinajstić information content (AvgIpc) is 2.62. The van der Waals surface area contributed by atoms with Gasteiger partial charge in [-0.3, -0.25) is 0 Å². The number of nitrogens with zero attached hydrogens (tertiary/aromatic N) is 2. The van der Waals surface area contributed by atoms with Gasteiger partial charge in [-0.2, -0.15) is 17.5 Å². The highest BCUT2D eigenvalue weighted by molar-refractivity contribution is 7.89. The zero-order chi connectivity index (χ0) is 18.1. The zero-order valence-corrected chi connectivity index (χ0v) is 14.1. The normalized spacial score (nSPS) is 16.8. The smallest absolute Gasteiger partial charge is 0.369 e. The third kappa shape index (κ3) is 3.80. The molecule has 0 saturated carbocycles. The SMILES string of the molecule is O=S(=O)(c1ccc(C(F)(F)F)cc1)N1CCN(c2ccccc2)CC1. The first kappa shape index (κ1) is 17.8. The van der Waals surface area contributed by atoms with E-state index in [1.165, 1.54) is 4.31 Å². The van der Waals surface area contributed by atoms with Crippen molar-refractivity contribution >= 4 is 15.7 Å². The Hall–Kier alpha value is -2.06. The van der Waals surface area contributed by atoms with Crippen molar-refractivity contribution in [1.82, 2.24) is 4.31 Å². The summed E-state index contributed by atoms with van der Waals surface area (Å²) in [6, 6.07) is 13.3. The minimum absolute atomic E-state index is 0.117. The molecule has 134 valence electrons. The largest absolute Gasteiger partial charge is 0.416 e. The average molecular weight is 370 g/mol. The lowest BCUT2D eigenvalue weighted by Gasteiger charge is -2.35. The van der Waals surface area contributed by atoms with Gasteiger partial charge < -0.3 is 4.90 Å². The van der Waals surface area contributed by atoms with Crippen LogP contribution in [0, 0.1) is 0 Å². The molecule has 0 atom stereocenters. The van der Waals surface area contributed by atoms with Crippen molar-refractivity contribution in [2.75, 3.05) is 31.1 Å². The number of halogens is 3. The van der Waals surface area contributed by atoms with E-state index in [1.807, 2.05) is 30.3 Å². The summed E-state index contributed by atoms with van der Waals surface area (Å²) in [5.41, 5.74) is 0.162. The summed E-state index contributed by atoms with van der Waals surface area (Å²) in [6.45, 7) is 1.64. The molecule has 0 unspecified atom stereocenters. The van der Waals surface area contributed by atoms with E-state index in [2.05, 4.69) is 4.90 Å². The first-order valence-electron chi connectivity index (χ1n) is 7.76. The Morgan fingerprint density at radius 1 is 0.800 bits per heavy atom. The van der Waals surface area contributed by atoms with Gasteiger partial charge in [0.05, 0.1) is 10.5 Å². The van der Waals surface area contributed by atoms with Gasteiger partial charge in [-0.1, -0.05) is 18.2 Å². The number of benzene rings is 2. The third-order valence-electron chi connectivity index (χ3n) is 4.18. The highest BCUT2D eigenvalue weighted by atomic mass is 32.2. The third-order valence-corrected chi connectivity index (χ3v) is 6.09. The highest BCUT2D eigenvalue weighted by Crippen LogP contribution is 2.30. The van der Waals surface area contributed by atoms with Gasteiger partial charge in [0, 0.05) is 31.9 Å². The van der Waals surface area contributed by atoms with Crippen molar-refractivity contribution in [1.29, 1.82) is 0 Å². The molecule has 0 spiro atoms. The molecule has 0 bridgehead atoms. The van der Waals surface area contributed by atoms with Gasteiger partial charge in [0.2, 0.25) is 10.0 Å². The van der Waals surface area contributed by atoms with Crippen molar-refractivity contribution in [3.8, 4) is 0 Å². The lowest BCUT2D eigenvalue weighted by Crippen LogP contribution is -2.48. The van der Waals surface area contributed by atoms with E-state index in [9.17, 15) is 21.6 Å². The number of hydrogen-bond donors (Lipinski definition) is 0. The van der Waals surface area contributed by atoms with Crippen molar-refractivity contribution in [3.05, 3.63) is 60.2 Å². The Labute approximate surface area is 144 Å². The molecule has 1 aliphatic heterocycles. The van der Waals surface area contributed by atoms with Crippen LogP contribution in [0.2, 0.25) is 0 Å². The molecule has 3 rings (SSSR count). The van der Waals surface area contributed by atoms with Gasteiger partial charge in [0.15, 0.2) is 0 Å². The molecule has 2 aromatic rings. The second-order valence-corrected chi connectivity index (χ2v) is 7.69. The number of anilines is 1. The maximum absolute atomic E-state index is 12.6. The Morgan fingerprint density at radius 3 is 1.88 bits per heavy atom. The van der Waals surface area contributed by atoms with Crippen LogP contribution >= 0.6 is 0 Å². The molecule has 0 amide bonds. The Kier molecular flexibility index (Phi) is 4.75. The molecule has 8 heteroatoms. The van der Waals surface area contributed by atoms with Gasteiger partial charge in [0.25, 0.3) is 0 Å². The van der Waals surface area contributed by atoms with Crippen LogP contribution in [-0.4, -0.2) is 38.9 Å². The molecule has 1 saturated heterocycles. The van der Waals surface area contributed by atoms with Crippen molar-refractivity contribution < 1.29 is 21.6 Å². The van der Waals surface area contributed by atoms with Crippen LogP contribution in [0.3, 0.4) is 0 Å². The molecule has 0 radical (unpaired) electrons. The van der Waals surface area contributed by atoms with Gasteiger partial charge in [-0.15, -0.1) is 0 Å². The maximum atomic E-state index is 12.6. The summed E-state index contributed by atoms with van der Waals surface area (Å²) in [7, 11) is -3.79. The molecular formula is C17H17F3N2O2S. The number of alkyl halides is 3. The van der Waals surface area contributed by atoms with E-state index in [4.69, 9.17) is 0 Å². The van der Waals surface area contributed by atoms with Gasteiger partial charge in [-0.25, -0.2) is 8.42 Å². The van der Waals surface area contributed by atoms with Crippen LogP contribution in [0.25, 0.3) is 0 Å². The minimum Gasteiger partial charge on any atom is -0.369 e. The molecular weight excluding hydrogens is 353 g/mol. The fourth-order valence-corrected chi connectivity index (χ4v) is 4.21. The van der Waals surface area contributed by atoms with Crippen LogP contribution in [0.1, 0.15) is 5.56 Å². The van der Waals surface area contributed by atoms with Crippen molar-refractivity contribution in [3.63, 3.8) is 0 Å². The fraction of sp³-hybridized carbons (Fsp3) is 0.294. The quantitative estimate of drug-likeness (QED) is 0.833. The molecule has 1 aliphatic rings. The molecule has 0 aromatic heterocycles. The number of para-hydroxylation sites is 1. The van der Waals surface area contributed by atoms with E-state index < -0.39 is 21.8 Å². The molecule has 1 heterocycles. The summed E-state index contributed by atoms with van der Waals surface area (Å²) in [6.07, 6.45) is -4.48. The standard InChI is InChI=1S/C17H17F3N2O2S/c18-17(19,20)14-6-8-16(9-7-14)25(23,24)22-12-10-21(11-13-22)15-4-2-1-3-5-15/h1-9H,10-13H2. The van der Waals surface area contributed by atoms with E-state index in [0.29, 0.717) is 13.1 Å². The second kappa shape index (κ2) is 6.68. The summed E-state index contributed by atoms with van der Waals surface area (Å²) >= 11 is 0. The molecule has 1 fully saturated rings. The molecule has 25 heavy (non-hydrogen) atoms. The number of piperazine rings is 1. The fourth-order valence-electron chi connectivity index (χ4n) is 2.79. The van der Waals surface area contributed by atoms with Gasteiger partial charge in [0.1, 0.15) is 0 Å².